The van der Waals surface area contributed by atoms with Crippen molar-refractivity contribution >= 4 is 23.1 Å². The van der Waals surface area contributed by atoms with Gasteiger partial charge in [-0.2, -0.15) is 24.5 Å². The van der Waals surface area contributed by atoms with Crippen LogP contribution in [0.3, 0.4) is 0 Å². The van der Waals surface area contributed by atoms with E-state index in [1.54, 1.807) is 23.5 Å². The minimum absolute atomic E-state index is 0.0858. The molecule has 20 heavy (non-hydrogen) atoms. The van der Waals surface area contributed by atoms with Gasteiger partial charge in [0, 0.05) is 18.0 Å². The quantitative estimate of drug-likeness (QED) is 0.782. The first-order valence-corrected chi connectivity index (χ1v) is 7.77. The van der Waals surface area contributed by atoms with Crippen molar-refractivity contribution in [3.05, 3.63) is 51.7 Å². The van der Waals surface area contributed by atoms with Crippen LogP contribution >= 0.6 is 23.1 Å². The van der Waals surface area contributed by atoms with Crippen molar-refractivity contribution in [1.29, 1.82) is 0 Å². The van der Waals surface area contributed by atoms with E-state index in [2.05, 4.69) is 23.0 Å². The molecule has 0 bridgehead atoms. The Hall–Kier alpha value is -0.980. The summed E-state index contributed by atoms with van der Waals surface area (Å²) in [5.74, 6) is 0. The highest BCUT2D eigenvalue weighted by molar-refractivity contribution is 8.00. The highest BCUT2D eigenvalue weighted by atomic mass is 32.2. The topological polar surface area (TPSA) is 12.0 Å². The first kappa shape index (κ1) is 15.4. The highest BCUT2D eigenvalue weighted by Gasteiger charge is 2.28. The molecule has 0 aliphatic heterocycles. The Morgan fingerprint density at radius 1 is 1.10 bits per heavy atom. The number of thiophene rings is 1. The molecule has 0 radical (unpaired) electrons. The van der Waals surface area contributed by atoms with Crippen molar-refractivity contribution in [3.8, 4) is 0 Å². The van der Waals surface area contributed by atoms with Gasteiger partial charge in [0.1, 0.15) is 0 Å². The molecule has 1 aromatic heterocycles. The Labute approximate surface area is 124 Å². The predicted octanol–water partition coefficient (Wildman–Crippen LogP) is 4.96. The smallest absolute Gasteiger partial charge is 0.309 e. The Bertz CT molecular complexity index is 546. The van der Waals surface area contributed by atoms with Crippen LogP contribution < -0.4 is 5.32 Å². The zero-order valence-electron chi connectivity index (χ0n) is 10.8. The molecule has 2 rings (SSSR count). The second-order valence-corrected chi connectivity index (χ2v) is 6.26. The van der Waals surface area contributed by atoms with E-state index < -0.39 is 5.51 Å². The Balaban J connectivity index is 1.83. The third kappa shape index (κ3) is 4.85. The number of thioether (sulfide) groups is 1. The van der Waals surface area contributed by atoms with Gasteiger partial charge in [0.25, 0.3) is 0 Å². The minimum atomic E-state index is -4.23. The van der Waals surface area contributed by atoms with Gasteiger partial charge in [-0.15, -0.1) is 0 Å². The van der Waals surface area contributed by atoms with Gasteiger partial charge in [-0.05, 0) is 58.3 Å². The SMILES string of the molecule is Cc1cscc1CNCc1ccc(SC(F)(F)F)cc1. The number of halogens is 3. The molecule has 1 N–H and O–H groups in total. The van der Waals surface area contributed by atoms with Gasteiger partial charge in [0.05, 0.1) is 0 Å². The summed E-state index contributed by atoms with van der Waals surface area (Å²) in [5.41, 5.74) is -0.723. The number of hydrogen-bond donors (Lipinski definition) is 1. The lowest BCUT2D eigenvalue weighted by atomic mass is 10.2. The van der Waals surface area contributed by atoms with Crippen LogP contribution in [0.4, 0.5) is 13.2 Å². The van der Waals surface area contributed by atoms with Gasteiger partial charge in [-0.25, -0.2) is 0 Å². The van der Waals surface area contributed by atoms with Gasteiger partial charge < -0.3 is 5.32 Å². The van der Waals surface area contributed by atoms with E-state index in [1.807, 2.05) is 0 Å². The normalized spacial score (nSPS) is 11.8. The fourth-order valence-corrected chi connectivity index (χ4v) is 3.11. The van der Waals surface area contributed by atoms with Crippen molar-refractivity contribution < 1.29 is 13.2 Å². The van der Waals surface area contributed by atoms with E-state index in [4.69, 9.17) is 0 Å². The van der Waals surface area contributed by atoms with Crippen LogP contribution in [-0.4, -0.2) is 5.51 Å². The van der Waals surface area contributed by atoms with Crippen LogP contribution in [0.2, 0.25) is 0 Å². The number of rotatable bonds is 5. The number of nitrogens with one attached hydrogen (secondary N) is 1. The van der Waals surface area contributed by atoms with Gasteiger partial charge in [0.15, 0.2) is 0 Å². The van der Waals surface area contributed by atoms with E-state index in [9.17, 15) is 13.2 Å². The molecule has 0 saturated carbocycles. The molecule has 108 valence electrons. The van der Waals surface area contributed by atoms with Crippen molar-refractivity contribution in [2.24, 2.45) is 0 Å². The van der Waals surface area contributed by atoms with E-state index in [0.717, 1.165) is 12.1 Å². The van der Waals surface area contributed by atoms with Crippen molar-refractivity contribution in [3.63, 3.8) is 0 Å². The summed E-state index contributed by atoms with van der Waals surface area (Å²) in [7, 11) is 0. The van der Waals surface area contributed by atoms with Crippen LogP contribution in [0.15, 0.2) is 39.9 Å². The summed E-state index contributed by atoms with van der Waals surface area (Å²) in [4.78, 5) is 0.218. The van der Waals surface area contributed by atoms with Crippen molar-refractivity contribution in [2.45, 2.75) is 30.4 Å². The lowest BCUT2D eigenvalue weighted by molar-refractivity contribution is -0.0328. The fourth-order valence-electron chi connectivity index (χ4n) is 1.72. The summed E-state index contributed by atoms with van der Waals surface area (Å²) >= 11 is 1.58. The summed E-state index contributed by atoms with van der Waals surface area (Å²) in [6.45, 7) is 3.48. The predicted molar refractivity (Wildman–Crippen MR) is 78.0 cm³/mol. The van der Waals surface area contributed by atoms with Crippen molar-refractivity contribution in [1.82, 2.24) is 5.32 Å². The molecule has 2 aromatic rings. The second kappa shape index (κ2) is 6.65. The molecule has 0 amide bonds. The molecular formula is C14H14F3NS2. The molecule has 0 saturated heterocycles. The summed E-state index contributed by atoms with van der Waals surface area (Å²) in [6.07, 6.45) is 0. The number of benzene rings is 1. The van der Waals surface area contributed by atoms with Crippen LogP contribution in [0.25, 0.3) is 0 Å². The van der Waals surface area contributed by atoms with Gasteiger partial charge in [-0.1, -0.05) is 12.1 Å². The zero-order valence-corrected chi connectivity index (χ0v) is 12.5. The zero-order chi connectivity index (χ0) is 14.6. The average molecular weight is 317 g/mol. The Kier molecular flexibility index (Phi) is 5.12. The van der Waals surface area contributed by atoms with E-state index in [0.29, 0.717) is 6.54 Å². The molecule has 0 fully saturated rings. The number of hydrogen-bond acceptors (Lipinski definition) is 3. The first-order chi connectivity index (χ1) is 9.44. The standard InChI is InChI=1S/C14H14F3NS2/c1-10-8-19-9-12(10)7-18-6-11-2-4-13(5-3-11)20-14(15,16)17/h2-5,8-9,18H,6-7H2,1H3. The number of aryl methyl sites for hydroxylation is 1. The average Bonchev–Trinajstić information content (AvgIpc) is 2.76. The Morgan fingerprint density at radius 3 is 2.35 bits per heavy atom. The monoisotopic (exact) mass is 317 g/mol. The van der Waals surface area contributed by atoms with E-state index >= 15 is 0 Å². The van der Waals surface area contributed by atoms with Crippen LogP contribution in [0.1, 0.15) is 16.7 Å². The van der Waals surface area contributed by atoms with Gasteiger partial charge in [0.2, 0.25) is 0 Å². The van der Waals surface area contributed by atoms with Crippen molar-refractivity contribution in [2.75, 3.05) is 0 Å². The molecular weight excluding hydrogens is 303 g/mol. The fraction of sp³-hybridized carbons (Fsp3) is 0.286. The van der Waals surface area contributed by atoms with E-state index in [1.165, 1.54) is 23.3 Å². The lowest BCUT2D eigenvalue weighted by Gasteiger charge is -2.07. The molecule has 0 unspecified atom stereocenters. The van der Waals surface area contributed by atoms with Gasteiger partial charge >= 0.3 is 5.51 Å². The highest BCUT2D eigenvalue weighted by Crippen LogP contribution is 2.36. The molecule has 6 heteroatoms. The first-order valence-electron chi connectivity index (χ1n) is 6.01. The molecule has 1 nitrogen and oxygen atoms in total. The van der Waals surface area contributed by atoms with Crippen LogP contribution in [0.5, 0.6) is 0 Å². The maximum Gasteiger partial charge on any atom is 0.446 e. The van der Waals surface area contributed by atoms with Gasteiger partial charge in [-0.3, -0.25) is 0 Å². The maximum atomic E-state index is 12.2. The number of alkyl halides is 3. The molecule has 0 spiro atoms. The minimum Gasteiger partial charge on any atom is -0.309 e. The Morgan fingerprint density at radius 2 is 1.80 bits per heavy atom. The van der Waals surface area contributed by atoms with Crippen LogP contribution in [0, 0.1) is 6.92 Å². The molecule has 0 atom stereocenters. The molecule has 0 aliphatic carbocycles. The summed E-state index contributed by atoms with van der Waals surface area (Å²) in [6, 6.07) is 6.46. The summed E-state index contributed by atoms with van der Waals surface area (Å²) < 4.78 is 36.6. The third-order valence-corrected chi connectivity index (χ3v) is 4.41. The van der Waals surface area contributed by atoms with E-state index in [-0.39, 0.29) is 16.7 Å². The largest absolute Gasteiger partial charge is 0.446 e. The second-order valence-electron chi connectivity index (χ2n) is 4.38. The third-order valence-electron chi connectivity index (χ3n) is 2.76. The lowest BCUT2D eigenvalue weighted by Crippen LogP contribution is -2.12. The maximum absolute atomic E-state index is 12.2. The van der Waals surface area contributed by atoms with Crippen LogP contribution in [-0.2, 0) is 13.1 Å². The summed E-state index contributed by atoms with van der Waals surface area (Å²) in [5, 5.41) is 7.49. The molecule has 1 aromatic carbocycles. The molecule has 1 heterocycles. The molecule has 0 aliphatic rings.